The van der Waals surface area contributed by atoms with Gasteiger partial charge < -0.3 is 15.5 Å². The van der Waals surface area contributed by atoms with E-state index in [2.05, 4.69) is 50.0 Å². The number of halogens is 1. The second-order valence-corrected chi connectivity index (χ2v) is 8.05. The second kappa shape index (κ2) is 7.21. The highest BCUT2D eigenvalue weighted by Gasteiger charge is 2.18. The zero-order valence-corrected chi connectivity index (χ0v) is 17.2. The van der Waals surface area contributed by atoms with Gasteiger partial charge in [-0.1, -0.05) is 23.7 Å². The number of imidazole rings is 1. The predicted octanol–water partition coefficient (Wildman–Crippen LogP) is 4.39. The maximum absolute atomic E-state index is 6.42. The van der Waals surface area contributed by atoms with E-state index in [1.165, 1.54) is 5.69 Å². The lowest BCUT2D eigenvalue weighted by Gasteiger charge is -2.33. The normalized spacial score (nSPS) is 17.2. The van der Waals surface area contributed by atoms with Crippen molar-refractivity contribution < 1.29 is 0 Å². The molecule has 0 unspecified atom stereocenters. The Morgan fingerprint density at radius 2 is 2.10 bits per heavy atom. The van der Waals surface area contributed by atoms with Gasteiger partial charge in [0.25, 0.3) is 0 Å². The molecule has 0 radical (unpaired) electrons. The van der Waals surface area contributed by atoms with Crippen LogP contribution >= 0.6 is 11.6 Å². The van der Waals surface area contributed by atoms with Crippen LogP contribution in [0.5, 0.6) is 0 Å². The Morgan fingerprint density at radius 1 is 1.21 bits per heavy atom. The highest BCUT2D eigenvalue weighted by molar-refractivity contribution is 6.33. The quantitative estimate of drug-likeness (QED) is 0.528. The molecule has 3 heterocycles. The number of fused-ring (bicyclic) bond motifs is 3. The van der Waals surface area contributed by atoms with E-state index in [-0.39, 0.29) is 0 Å². The van der Waals surface area contributed by atoms with Crippen LogP contribution in [-0.2, 0) is 0 Å². The molecule has 148 valence electrons. The number of para-hydroxylation sites is 1. The minimum Gasteiger partial charge on any atom is -0.369 e. The first-order valence-corrected chi connectivity index (χ1v) is 10.2. The summed E-state index contributed by atoms with van der Waals surface area (Å²) in [6, 6.07) is 12.8. The monoisotopic (exact) mass is 406 g/mol. The molecule has 0 amide bonds. The molecular weight excluding hydrogens is 384 g/mol. The van der Waals surface area contributed by atoms with E-state index in [0.29, 0.717) is 11.1 Å². The Balaban J connectivity index is 1.60. The number of piperazine rings is 1. The first-order valence-electron chi connectivity index (χ1n) is 9.86. The molecule has 1 fully saturated rings. The van der Waals surface area contributed by atoms with Gasteiger partial charge in [0.15, 0.2) is 5.82 Å². The molecule has 1 aliphatic heterocycles. The fourth-order valence-corrected chi connectivity index (χ4v) is 4.27. The number of nitrogens with zero attached hydrogens (tertiary/aromatic N) is 4. The van der Waals surface area contributed by atoms with Crippen molar-refractivity contribution in [2.24, 2.45) is 0 Å². The third-order valence-electron chi connectivity index (χ3n) is 5.53. The molecule has 2 aromatic carbocycles. The molecule has 5 rings (SSSR count). The molecule has 2 N–H and O–H groups in total. The second-order valence-electron chi connectivity index (χ2n) is 7.64. The third-order valence-corrected chi connectivity index (χ3v) is 5.85. The van der Waals surface area contributed by atoms with Crippen molar-refractivity contribution in [1.82, 2.24) is 19.7 Å². The number of benzene rings is 2. The van der Waals surface area contributed by atoms with Gasteiger partial charge in [-0.3, -0.25) is 4.40 Å². The van der Waals surface area contributed by atoms with E-state index in [0.717, 1.165) is 53.3 Å². The molecular formula is C22H23ClN6. The van der Waals surface area contributed by atoms with Gasteiger partial charge in [0.1, 0.15) is 5.52 Å². The van der Waals surface area contributed by atoms with E-state index in [1.54, 1.807) is 0 Å². The summed E-state index contributed by atoms with van der Waals surface area (Å²) in [6.07, 6.45) is 3.68. The molecule has 0 bridgehead atoms. The summed E-state index contributed by atoms with van der Waals surface area (Å²) in [4.78, 5) is 11.7. The van der Waals surface area contributed by atoms with Crippen molar-refractivity contribution in [3.8, 4) is 0 Å². The molecule has 2 aromatic heterocycles. The van der Waals surface area contributed by atoms with Crippen molar-refractivity contribution in [3.05, 3.63) is 59.5 Å². The van der Waals surface area contributed by atoms with Crippen molar-refractivity contribution >= 4 is 45.3 Å². The number of rotatable bonds is 3. The van der Waals surface area contributed by atoms with Crippen molar-refractivity contribution in [3.63, 3.8) is 0 Å². The molecule has 0 saturated carbocycles. The van der Waals surface area contributed by atoms with E-state index < -0.39 is 0 Å². The van der Waals surface area contributed by atoms with Crippen LogP contribution in [0.3, 0.4) is 0 Å². The largest absolute Gasteiger partial charge is 0.369 e. The van der Waals surface area contributed by atoms with Crippen molar-refractivity contribution in [1.29, 1.82) is 0 Å². The molecule has 6 nitrogen and oxygen atoms in total. The van der Waals surface area contributed by atoms with Gasteiger partial charge in [0, 0.05) is 31.4 Å². The maximum atomic E-state index is 6.42. The Morgan fingerprint density at radius 3 is 2.93 bits per heavy atom. The van der Waals surface area contributed by atoms with Gasteiger partial charge in [0.05, 0.1) is 34.3 Å². The van der Waals surface area contributed by atoms with Crippen LogP contribution in [0.15, 0.2) is 48.9 Å². The molecule has 4 aromatic rings. The van der Waals surface area contributed by atoms with Crippen molar-refractivity contribution in [2.75, 3.05) is 29.9 Å². The van der Waals surface area contributed by atoms with Crippen LogP contribution in [0.2, 0.25) is 5.02 Å². The number of nitrogens with one attached hydrogen (secondary N) is 2. The molecule has 1 aliphatic rings. The van der Waals surface area contributed by atoms with Crippen LogP contribution in [0.1, 0.15) is 12.5 Å². The first kappa shape index (κ1) is 18.2. The highest BCUT2D eigenvalue weighted by atomic mass is 35.5. The zero-order valence-electron chi connectivity index (χ0n) is 16.5. The van der Waals surface area contributed by atoms with E-state index >= 15 is 0 Å². The summed E-state index contributed by atoms with van der Waals surface area (Å²) in [5.74, 6) is 0.745. The molecule has 0 spiro atoms. The van der Waals surface area contributed by atoms with Crippen LogP contribution in [0.4, 0.5) is 17.2 Å². The lowest BCUT2D eigenvalue weighted by atomic mass is 10.2. The first-order chi connectivity index (χ1) is 14.1. The van der Waals surface area contributed by atoms with Gasteiger partial charge in [-0.25, -0.2) is 9.97 Å². The lowest BCUT2D eigenvalue weighted by Crippen LogP contribution is -2.49. The van der Waals surface area contributed by atoms with E-state index in [1.807, 2.05) is 37.6 Å². The smallest absolute Gasteiger partial charge is 0.157 e. The molecule has 0 aliphatic carbocycles. The fourth-order valence-electron chi connectivity index (χ4n) is 4.00. The summed E-state index contributed by atoms with van der Waals surface area (Å²) < 4.78 is 2.09. The van der Waals surface area contributed by atoms with E-state index in [9.17, 15) is 0 Å². The maximum Gasteiger partial charge on any atom is 0.157 e. The number of hydrogen-bond acceptors (Lipinski definition) is 5. The zero-order chi connectivity index (χ0) is 20.0. The number of hydrogen-bond donors (Lipinski definition) is 2. The lowest BCUT2D eigenvalue weighted by molar-refractivity contribution is 0.485. The molecule has 1 atom stereocenters. The summed E-state index contributed by atoms with van der Waals surface area (Å²) >= 11 is 6.42. The topological polar surface area (TPSA) is 57.5 Å². The van der Waals surface area contributed by atoms with Crippen molar-refractivity contribution in [2.45, 2.75) is 19.9 Å². The average Bonchev–Trinajstić information content (AvgIpc) is 3.21. The van der Waals surface area contributed by atoms with Gasteiger partial charge in [-0.15, -0.1) is 0 Å². The fraction of sp³-hybridized carbons (Fsp3) is 0.273. The van der Waals surface area contributed by atoms with Gasteiger partial charge in [-0.05, 0) is 43.7 Å². The number of anilines is 3. The standard InChI is InChI=1S/C22H23ClN6/c1-14-4-3-5-17(23)21(14)27-22-20-11-24-13-29(20)19-10-16(6-7-18(19)26-22)28-9-8-25-15(2)12-28/h3-7,10-11,13,15,25H,8-9,12H2,1-2H3,(H,26,27)/t15-/m0/s1. The van der Waals surface area contributed by atoms with Crippen LogP contribution < -0.4 is 15.5 Å². The molecule has 7 heteroatoms. The third kappa shape index (κ3) is 3.28. The average molecular weight is 407 g/mol. The number of aromatic nitrogens is 3. The SMILES string of the molecule is Cc1cccc(Cl)c1Nc1nc2ccc(N3CCN[C@@H](C)C3)cc2n2cncc12. The predicted molar refractivity (Wildman–Crippen MR) is 120 cm³/mol. The van der Waals surface area contributed by atoms with Gasteiger partial charge in [0.2, 0.25) is 0 Å². The van der Waals surface area contributed by atoms with E-state index in [4.69, 9.17) is 16.6 Å². The van der Waals surface area contributed by atoms with Crippen LogP contribution in [0.25, 0.3) is 16.6 Å². The van der Waals surface area contributed by atoms with Crippen LogP contribution in [0, 0.1) is 6.92 Å². The summed E-state index contributed by atoms with van der Waals surface area (Å²) in [6.45, 7) is 7.25. The Labute approximate surface area is 174 Å². The molecule has 29 heavy (non-hydrogen) atoms. The van der Waals surface area contributed by atoms with Crippen LogP contribution in [-0.4, -0.2) is 40.0 Å². The molecule has 1 saturated heterocycles. The summed E-state index contributed by atoms with van der Waals surface area (Å²) in [5, 5.41) is 7.59. The summed E-state index contributed by atoms with van der Waals surface area (Å²) in [7, 11) is 0. The highest BCUT2D eigenvalue weighted by Crippen LogP contribution is 2.32. The minimum absolute atomic E-state index is 0.483. The Kier molecular flexibility index (Phi) is 4.53. The summed E-state index contributed by atoms with van der Waals surface area (Å²) in [5.41, 5.74) is 6.03. The Bertz CT molecular complexity index is 1180. The number of aryl methyl sites for hydroxylation is 1. The van der Waals surface area contributed by atoms with Gasteiger partial charge >= 0.3 is 0 Å². The minimum atomic E-state index is 0.483. The Hall–Kier alpha value is -2.83. The van der Waals surface area contributed by atoms with Gasteiger partial charge in [-0.2, -0.15) is 0 Å².